The second-order valence-electron chi connectivity index (χ2n) is 8.44. The first-order valence-corrected chi connectivity index (χ1v) is 14.5. The number of hydrogen-bond acceptors (Lipinski definition) is 6. The first kappa shape index (κ1) is 26.2. The highest BCUT2D eigenvalue weighted by Gasteiger charge is 2.14. The molecule has 1 amide bonds. The fraction of sp³-hybridized carbons (Fsp3) is 0.269. The number of carbonyl (C=O) groups is 1. The Morgan fingerprint density at radius 2 is 1.86 bits per heavy atom. The Balaban J connectivity index is 1.29. The highest BCUT2D eigenvalue weighted by atomic mass is 35.5. The van der Waals surface area contributed by atoms with Crippen LogP contribution < -0.4 is 5.32 Å². The Kier molecular flexibility index (Phi) is 8.89. The molecule has 35 heavy (non-hydrogen) atoms. The van der Waals surface area contributed by atoms with Crippen molar-refractivity contribution >= 4 is 68.7 Å². The summed E-state index contributed by atoms with van der Waals surface area (Å²) in [6.07, 6.45) is 3.30. The summed E-state index contributed by atoms with van der Waals surface area (Å²) in [6, 6.07) is 14.1. The van der Waals surface area contributed by atoms with Gasteiger partial charge in [0.1, 0.15) is 0 Å². The third-order valence-corrected chi connectivity index (χ3v) is 9.20. The molecule has 4 aromatic rings. The van der Waals surface area contributed by atoms with Crippen LogP contribution in [0.3, 0.4) is 0 Å². The van der Waals surface area contributed by atoms with Crippen molar-refractivity contribution in [3.05, 3.63) is 90.8 Å². The predicted molar refractivity (Wildman–Crippen MR) is 151 cm³/mol. The van der Waals surface area contributed by atoms with Crippen LogP contribution >= 0.6 is 57.6 Å². The van der Waals surface area contributed by atoms with Gasteiger partial charge in [-0.3, -0.25) is 4.79 Å². The fourth-order valence-electron chi connectivity index (χ4n) is 3.43. The Hall–Kier alpha value is -1.90. The summed E-state index contributed by atoms with van der Waals surface area (Å²) in [5.74, 6) is 0.702. The van der Waals surface area contributed by atoms with E-state index in [1.165, 1.54) is 34.2 Å². The minimum absolute atomic E-state index is 0.0931. The molecule has 0 spiro atoms. The van der Waals surface area contributed by atoms with Crippen molar-refractivity contribution < 1.29 is 4.79 Å². The lowest BCUT2D eigenvalue weighted by molar-refractivity contribution is -0.113. The van der Waals surface area contributed by atoms with Crippen molar-refractivity contribution in [3.63, 3.8) is 0 Å². The van der Waals surface area contributed by atoms with Crippen LogP contribution in [0, 0.1) is 6.92 Å². The Morgan fingerprint density at radius 1 is 1.09 bits per heavy atom. The zero-order chi connectivity index (χ0) is 24.9. The number of aryl methyl sites for hydroxylation is 1. The van der Waals surface area contributed by atoms with E-state index in [0.29, 0.717) is 27.5 Å². The summed E-state index contributed by atoms with van der Waals surface area (Å²) in [5, 5.41) is 4.88. The minimum Gasteiger partial charge on any atom is -0.301 e. The molecule has 0 atom stereocenters. The average Bonchev–Trinajstić information content (AvgIpc) is 3.40. The maximum absolute atomic E-state index is 12.5. The maximum atomic E-state index is 12.5. The van der Waals surface area contributed by atoms with Gasteiger partial charge in [0, 0.05) is 38.8 Å². The minimum atomic E-state index is -0.0931. The van der Waals surface area contributed by atoms with E-state index in [0.717, 1.165) is 31.8 Å². The first-order chi connectivity index (χ1) is 16.8. The van der Waals surface area contributed by atoms with Crippen LogP contribution in [-0.2, 0) is 17.6 Å². The molecule has 0 bridgehead atoms. The van der Waals surface area contributed by atoms with Crippen LogP contribution in [0.4, 0.5) is 5.13 Å². The number of nitrogens with one attached hydrogen (secondary N) is 1. The van der Waals surface area contributed by atoms with Crippen LogP contribution in [0.1, 0.15) is 51.9 Å². The number of rotatable bonds is 9. The van der Waals surface area contributed by atoms with E-state index in [9.17, 15) is 4.79 Å². The van der Waals surface area contributed by atoms with Gasteiger partial charge in [-0.05, 0) is 47.7 Å². The Labute approximate surface area is 228 Å². The third-order valence-electron chi connectivity index (χ3n) is 5.38. The SMILES string of the molecule is Cc1nc(SCC(=O)Nc2ncc(Cc3ccc(C(C)C)cc3)s2)sc1Cc1cc(Cl)ccc1Cl. The van der Waals surface area contributed by atoms with E-state index in [1.807, 2.05) is 25.3 Å². The molecule has 0 aliphatic heterocycles. The predicted octanol–water partition coefficient (Wildman–Crippen LogP) is 8.25. The molecule has 0 fully saturated rings. The smallest absolute Gasteiger partial charge is 0.236 e. The van der Waals surface area contributed by atoms with Crippen LogP contribution in [-0.4, -0.2) is 21.6 Å². The highest BCUT2D eigenvalue weighted by Crippen LogP contribution is 2.31. The summed E-state index contributed by atoms with van der Waals surface area (Å²) in [7, 11) is 0. The number of thioether (sulfide) groups is 1. The van der Waals surface area contributed by atoms with Crippen molar-refractivity contribution in [1.29, 1.82) is 0 Å². The summed E-state index contributed by atoms with van der Waals surface area (Å²) in [5.41, 5.74) is 4.48. The van der Waals surface area contributed by atoms with Gasteiger partial charge in [0.15, 0.2) is 9.47 Å². The van der Waals surface area contributed by atoms with E-state index in [1.54, 1.807) is 17.4 Å². The van der Waals surface area contributed by atoms with Crippen LogP contribution in [0.2, 0.25) is 10.0 Å². The number of benzene rings is 2. The average molecular weight is 563 g/mol. The molecule has 0 unspecified atom stereocenters. The van der Waals surface area contributed by atoms with E-state index >= 15 is 0 Å². The van der Waals surface area contributed by atoms with E-state index in [4.69, 9.17) is 23.2 Å². The second kappa shape index (κ2) is 11.9. The second-order valence-corrected chi connectivity index (χ2v) is 12.7. The molecule has 4 rings (SSSR count). The molecule has 1 N–H and O–H groups in total. The quantitative estimate of drug-likeness (QED) is 0.209. The number of anilines is 1. The van der Waals surface area contributed by atoms with Crippen LogP contribution in [0.5, 0.6) is 0 Å². The molecule has 0 saturated heterocycles. The number of hydrogen-bond donors (Lipinski definition) is 1. The molecule has 0 radical (unpaired) electrons. The van der Waals surface area contributed by atoms with Gasteiger partial charge in [-0.1, -0.05) is 73.1 Å². The number of aromatic nitrogens is 2. The molecule has 2 aromatic heterocycles. The van der Waals surface area contributed by atoms with Gasteiger partial charge in [-0.25, -0.2) is 9.97 Å². The molecule has 0 aliphatic carbocycles. The largest absolute Gasteiger partial charge is 0.301 e. The highest BCUT2D eigenvalue weighted by molar-refractivity contribution is 8.01. The lowest BCUT2D eigenvalue weighted by Crippen LogP contribution is -2.13. The molecule has 0 aliphatic rings. The van der Waals surface area contributed by atoms with Gasteiger partial charge < -0.3 is 5.32 Å². The van der Waals surface area contributed by atoms with Crippen molar-refractivity contribution in [2.45, 2.75) is 43.9 Å². The van der Waals surface area contributed by atoms with Crippen molar-refractivity contribution in [1.82, 2.24) is 9.97 Å². The zero-order valence-corrected chi connectivity index (χ0v) is 23.6. The molecule has 0 saturated carbocycles. The molecule has 182 valence electrons. The molecule has 9 heteroatoms. The number of halogens is 2. The molecule has 2 heterocycles. The van der Waals surface area contributed by atoms with Crippen molar-refractivity contribution in [3.8, 4) is 0 Å². The maximum Gasteiger partial charge on any atom is 0.236 e. The van der Waals surface area contributed by atoms with Crippen LogP contribution in [0.25, 0.3) is 0 Å². The standard InChI is InChI=1S/C26H25Cl2N3OS3/c1-15(2)18-6-4-17(5-7-18)10-21-13-29-25(34-21)31-24(32)14-33-26-30-16(3)23(35-26)12-19-11-20(27)8-9-22(19)28/h4-9,11,13,15H,10,12,14H2,1-3H3,(H,29,31,32). The lowest BCUT2D eigenvalue weighted by atomic mass is 10.0. The van der Waals surface area contributed by atoms with Gasteiger partial charge in [0.05, 0.1) is 11.4 Å². The van der Waals surface area contributed by atoms with Gasteiger partial charge in [0.25, 0.3) is 0 Å². The number of nitrogens with zero attached hydrogens (tertiary/aromatic N) is 2. The van der Waals surface area contributed by atoms with Crippen LogP contribution in [0.15, 0.2) is 53.0 Å². The summed E-state index contributed by atoms with van der Waals surface area (Å²) in [4.78, 5) is 23.7. The zero-order valence-electron chi connectivity index (χ0n) is 19.6. The normalized spacial score (nSPS) is 11.3. The molecule has 2 aromatic carbocycles. The fourth-order valence-corrected chi connectivity index (χ4v) is 6.73. The summed E-state index contributed by atoms with van der Waals surface area (Å²) in [6.45, 7) is 6.36. The monoisotopic (exact) mass is 561 g/mol. The number of carbonyl (C=O) groups excluding carboxylic acids is 1. The first-order valence-electron chi connectivity index (χ1n) is 11.1. The lowest BCUT2D eigenvalue weighted by Gasteiger charge is -2.06. The van der Waals surface area contributed by atoms with Gasteiger partial charge in [-0.15, -0.1) is 22.7 Å². The van der Waals surface area contributed by atoms with Crippen molar-refractivity contribution in [2.75, 3.05) is 11.1 Å². The van der Waals surface area contributed by atoms with E-state index < -0.39 is 0 Å². The molecular weight excluding hydrogens is 537 g/mol. The number of amides is 1. The Morgan fingerprint density at radius 3 is 2.60 bits per heavy atom. The Bertz CT molecular complexity index is 1320. The van der Waals surface area contributed by atoms with Crippen molar-refractivity contribution in [2.24, 2.45) is 0 Å². The van der Waals surface area contributed by atoms with Gasteiger partial charge in [0.2, 0.25) is 5.91 Å². The summed E-state index contributed by atoms with van der Waals surface area (Å²) < 4.78 is 0.857. The molecule has 4 nitrogen and oxygen atoms in total. The van der Waals surface area contributed by atoms with E-state index in [2.05, 4.69) is 53.4 Å². The third kappa shape index (κ3) is 7.30. The summed E-state index contributed by atoms with van der Waals surface area (Å²) >= 11 is 16.9. The molecular formula is C26H25Cl2N3OS3. The topological polar surface area (TPSA) is 54.9 Å². The van der Waals surface area contributed by atoms with Gasteiger partial charge in [-0.2, -0.15) is 0 Å². The van der Waals surface area contributed by atoms with Gasteiger partial charge >= 0.3 is 0 Å². The number of thiazole rings is 2. The van der Waals surface area contributed by atoms with E-state index in [-0.39, 0.29) is 11.7 Å².